The third kappa shape index (κ3) is 3.42. The van der Waals surface area contributed by atoms with Crippen LogP contribution in [0.2, 0.25) is 0 Å². The molecule has 5 heteroatoms. The number of nitrogens with one attached hydrogen (secondary N) is 1. The fourth-order valence-electron chi connectivity index (χ4n) is 2.62. The number of nitrogens with zero attached hydrogens (tertiary/aromatic N) is 2. The number of carbonyl (C=O) groups excluding carboxylic acids is 2. The SMILES string of the molecule is CC(C(=O)N1CCNCC1C(=O)N(C)C)c1ccccc1. The van der Waals surface area contributed by atoms with Gasteiger partial charge in [0.25, 0.3) is 0 Å². The molecule has 0 aliphatic carbocycles. The molecule has 1 aromatic carbocycles. The van der Waals surface area contributed by atoms with Crippen molar-refractivity contribution in [2.45, 2.75) is 18.9 Å². The molecule has 1 aliphatic rings. The van der Waals surface area contributed by atoms with Gasteiger partial charge in [-0.25, -0.2) is 0 Å². The van der Waals surface area contributed by atoms with E-state index >= 15 is 0 Å². The minimum Gasteiger partial charge on any atom is -0.347 e. The number of benzene rings is 1. The van der Waals surface area contributed by atoms with Gasteiger partial charge in [-0.05, 0) is 12.5 Å². The zero-order valence-electron chi connectivity index (χ0n) is 12.9. The molecule has 1 fully saturated rings. The van der Waals surface area contributed by atoms with E-state index in [-0.39, 0.29) is 17.7 Å². The lowest BCUT2D eigenvalue weighted by atomic mass is 9.98. The van der Waals surface area contributed by atoms with Gasteiger partial charge in [0.15, 0.2) is 0 Å². The third-order valence-corrected chi connectivity index (χ3v) is 3.92. The number of amides is 2. The van der Waals surface area contributed by atoms with Crippen molar-refractivity contribution in [3.8, 4) is 0 Å². The monoisotopic (exact) mass is 289 g/mol. The topological polar surface area (TPSA) is 52.7 Å². The molecule has 1 heterocycles. The summed E-state index contributed by atoms with van der Waals surface area (Å²) in [6, 6.07) is 9.29. The second-order valence-corrected chi connectivity index (χ2v) is 5.62. The maximum atomic E-state index is 12.8. The van der Waals surface area contributed by atoms with Crippen LogP contribution in [0.3, 0.4) is 0 Å². The van der Waals surface area contributed by atoms with E-state index in [0.29, 0.717) is 13.1 Å². The van der Waals surface area contributed by atoms with E-state index in [0.717, 1.165) is 12.1 Å². The van der Waals surface area contributed by atoms with Gasteiger partial charge in [0.1, 0.15) is 6.04 Å². The highest BCUT2D eigenvalue weighted by Crippen LogP contribution is 2.20. The lowest BCUT2D eigenvalue weighted by Crippen LogP contribution is -2.60. The molecule has 2 atom stereocenters. The maximum Gasteiger partial charge on any atom is 0.246 e. The van der Waals surface area contributed by atoms with Gasteiger partial charge >= 0.3 is 0 Å². The summed E-state index contributed by atoms with van der Waals surface area (Å²) in [5.41, 5.74) is 0.983. The molecule has 0 spiro atoms. The summed E-state index contributed by atoms with van der Waals surface area (Å²) in [6.45, 7) is 3.71. The second kappa shape index (κ2) is 6.72. The molecule has 1 aromatic rings. The van der Waals surface area contributed by atoms with Crippen LogP contribution in [-0.2, 0) is 9.59 Å². The fourth-order valence-corrected chi connectivity index (χ4v) is 2.62. The normalized spacial score (nSPS) is 20.0. The van der Waals surface area contributed by atoms with Crippen LogP contribution in [0, 0.1) is 0 Å². The van der Waals surface area contributed by atoms with Crippen molar-refractivity contribution in [1.29, 1.82) is 0 Å². The van der Waals surface area contributed by atoms with Gasteiger partial charge in [-0.1, -0.05) is 30.3 Å². The number of hydrogen-bond donors (Lipinski definition) is 1. The summed E-state index contributed by atoms with van der Waals surface area (Å²) in [7, 11) is 3.44. The van der Waals surface area contributed by atoms with Crippen molar-refractivity contribution in [2.75, 3.05) is 33.7 Å². The Balaban J connectivity index is 2.17. The zero-order valence-corrected chi connectivity index (χ0v) is 12.9. The van der Waals surface area contributed by atoms with Crippen LogP contribution in [-0.4, -0.2) is 61.4 Å². The number of rotatable bonds is 3. The van der Waals surface area contributed by atoms with Crippen LogP contribution in [0.1, 0.15) is 18.4 Å². The van der Waals surface area contributed by atoms with Crippen molar-refractivity contribution < 1.29 is 9.59 Å². The van der Waals surface area contributed by atoms with E-state index in [9.17, 15) is 9.59 Å². The predicted molar refractivity (Wildman–Crippen MR) is 81.9 cm³/mol. The first-order chi connectivity index (χ1) is 10.0. The number of hydrogen-bond acceptors (Lipinski definition) is 3. The summed E-state index contributed by atoms with van der Waals surface area (Å²) < 4.78 is 0. The summed E-state index contributed by atoms with van der Waals surface area (Å²) in [5, 5.41) is 3.19. The van der Waals surface area contributed by atoms with Crippen molar-refractivity contribution in [3.63, 3.8) is 0 Å². The third-order valence-electron chi connectivity index (χ3n) is 3.92. The van der Waals surface area contributed by atoms with Gasteiger partial charge in [0.05, 0.1) is 5.92 Å². The zero-order chi connectivity index (χ0) is 15.4. The molecular weight excluding hydrogens is 266 g/mol. The predicted octanol–water partition coefficient (Wildman–Crippen LogP) is 0.679. The smallest absolute Gasteiger partial charge is 0.246 e. The van der Waals surface area contributed by atoms with Crippen molar-refractivity contribution in [2.24, 2.45) is 0 Å². The largest absolute Gasteiger partial charge is 0.347 e. The Morgan fingerprint density at radius 3 is 2.57 bits per heavy atom. The Morgan fingerprint density at radius 1 is 1.29 bits per heavy atom. The van der Waals surface area contributed by atoms with Gasteiger partial charge in [-0.3, -0.25) is 9.59 Å². The van der Waals surface area contributed by atoms with Gasteiger partial charge in [-0.15, -0.1) is 0 Å². The Bertz CT molecular complexity index is 502. The highest BCUT2D eigenvalue weighted by molar-refractivity contribution is 5.90. The van der Waals surface area contributed by atoms with E-state index in [4.69, 9.17) is 0 Å². The highest BCUT2D eigenvalue weighted by atomic mass is 16.2. The van der Waals surface area contributed by atoms with Crippen LogP contribution < -0.4 is 5.32 Å². The Morgan fingerprint density at radius 2 is 1.95 bits per heavy atom. The fraction of sp³-hybridized carbons (Fsp3) is 0.500. The summed E-state index contributed by atoms with van der Waals surface area (Å²) in [6.07, 6.45) is 0. The minimum absolute atomic E-state index is 0.0166. The molecule has 1 N–H and O–H groups in total. The Kier molecular flexibility index (Phi) is 4.96. The summed E-state index contributed by atoms with van der Waals surface area (Å²) in [4.78, 5) is 28.3. The van der Waals surface area contributed by atoms with E-state index < -0.39 is 6.04 Å². The highest BCUT2D eigenvalue weighted by Gasteiger charge is 2.35. The second-order valence-electron chi connectivity index (χ2n) is 5.62. The molecule has 2 unspecified atom stereocenters. The Labute approximate surface area is 125 Å². The lowest BCUT2D eigenvalue weighted by Gasteiger charge is -2.37. The van der Waals surface area contributed by atoms with Crippen LogP contribution in [0.4, 0.5) is 0 Å². The molecule has 114 valence electrons. The van der Waals surface area contributed by atoms with Crippen molar-refractivity contribution in [3.05, 3.63) is 35.9 Å². The summed E-state index contributed by atoms with van der Waals surface area (Å²) >= 11 is 0. The van der Waals surface area contributed by atoms with Gasteiger partial charge < -0.3 is 15.1 Å². The summed E-state index contributed by atoms with van der Waals surface area (Å²) in [5.74, 6) is -0.250. The minimum atomic E-state index is -0.410. The molecule has 0 bridgehead atoms. The molecule has 0 radical (unpaired) electrons. The van der Waals surface area contributed by atoms with Crippen LogP contribution in [0.25, 0.3) is 0 Å². The van der Waals surface area contributed by atoms with Gasteiger partial charge in [-0.2, -0.15) is 0 Å². The molecule has 2 rings (SSSR count). The average Bonchev–Trinajstić information content (AvgIpc) is 2.53. The number of likely N-dealkylation sites (N-methyl/N-ethyl adjacent to an activating group) is 1. The molecule has 1 aliphatic heterocycles. The van der Waals surface area contributed by atoms with Crippen LogP contribution in [0.15, 0.2) is 30.3 Å². The van der Waals surface area contributed by atoms with Crippen LogP contribution >= 0.6 is 0 Å². The maximum absolute atomic E-state index is 12.8. The molecule has 2 amide bonds. The molecule has 5 nitrogen and oxygen atoms in total. The number of piperazine rings is 1. The standard InChI is InChI=1S/C16H23N3O2/c1-12(13-7-5-4-6-8-13)15(20)19-10-9-17-11-14(19)16(21)18(2)3/h4-8,12,14,17H,9-11H2,1-3H3. The molecule has 21 heavy (non-hydrogen) atoms. The molecule has 0 aromatic heterocycles. The average molecular weight is 289 g/mol. The first-order valence-electron chi connectivity index (χ1n) is 7.29. The van der Waals surface area contributed by atoms with E-state index in [1.54, 1.807) is 23.9 Å². The first kappa shape index (κ1) is 15.5. The molecule has 0 saturated carbocycles. The first-order valence-corrected chi connectivity index (χ1v) is 7.29. The van der Waals surface area contributed by atoms with E-state index in [1.165, 1.54) is 0 Å². The molecular formula is C16H23N3O2. The van der Waals surface area contributed by atoms with E-state index in [1.807, 2.05) is 37.3 Å². The number of carbonyl (C=O) groups is 2. The lowest BCUT2D eigenvalue weighted by molar-refractivity contribution is -0.146. The Hall–Kier alpha value is -1.88. The van der Waals surface area contributed by atoms with Crippen molar-refractivity contribution in [1.82, 2.24) is 15.1 Å². The van der Waals surface area contributed by atoms with Crippen LogP contribution in [0.5, 0.6) is 0 Å². The van der Waals surface area contributed by atoms with Crippen molar-refractivity contribution >= 4 is 11.8 Å². The quantitative estimate of drug-likeness (QED) is 0.890. The molecule has 1 saturated heterocycles. The van der Waals surface area contributed by atoms with E-state index in [2.05, 4.69) is 5.32 Å². The van der Waals surface area contributed by atoms with Gasteiger partial charge in [0.2, 0.25) is 11.8 Å². The van der Waals surface area contributed by atoms with Gasteiger partial charge in [0, 0.05) is 33.7 Å².